The van der Waals surface area contributed by atoms with E-state index in [1.165, 1.54) is 4.68 Å². The van der Waals surface area contributed by atoms with Crippen molar-refractivity contribution in [1.29, 1.82) is 0 Å². The van der Waals surface area contributed by atoms with Crippen LogP contribution in [0, 0.1) is 6.92 Å². The largest absolute Gasteiger partial charge is 0.383 e. The predicted octanol–water partition coefficient (Wildman–Crippen LogP) is 2.01. The molecule has 3 rings (SSSR count). The molecule has 0 N–H and O–H groups in total. The number of fused-ring (bicyclic) bond motifs is 1. The second-order valence-corrected chi connectivity index (χ2v) is 4.70. The van der Waals surface area contributed by atoms with Gasteiger partial charge in [-0.1, -0.05) is 35.5 Å². The minimum absolute atomic E-state index is 0.265. The van der Waals surface area contributed by atoms with Gasteiger partial charge in [0, 0.05) is 12.7 Å². The molecule has 3 aromatic rings. The zero-order valence-corrected chi connectivity index (χ0v) is 11.9. The fourth-order valence-corrected chi connectivity index (χ4v) is 2.26. The van der Waals surface area contributed by atoms with E-state index in [9.17, 15) is 4.79 Å². The van der Waals surface area contributed by atoms with Crippen LogP contribution in [0.5, 0.6) is 0 Å². The van der Waals surface area contributed by atoms with Crippen LogP contribution in [0.1, 0.15) is 5.76 Å². The molecule has 0 radical (unpaired) electrons. The summed E-state index contributed by atoms with van der Waals surface area (Å²) in [5.74, 6) is 0.590. The van der Waals surface area contributed by atoms with E-state index in [0.717, 1.165) is 5.56 Å². The minimum Gasteiger partial charge on any atom is -0.383 e. The maximum Gasteiger partial charge on any atom is 0.296 e. The van der Waals surface area contributed by atoms with Crippen LogP contribution in [0.3, 0.4) is 0 Å². The highest BCUT2D eigenvalue weighted by Gasteiger charge is 2.18. The Morgan fingerprint density at radius 2 is 2.05 bits per heavy atom. The fourth-order valence-electron chi connectivity index (χ4n) is 2.26. The van der Waals surface area contributed by atoms with Crippen LogP contribution in [0.25, 0.3) is 22.2 Å². The first kappa shape index (κ1) is 13.5. The predicted molar refractivity (Wildman–Crippen MR) is 78.1 cm³/mol. The summed E-state index contributed by atoms with van der Waals surface area (Å²) >= 11 is 0. The third kappa shape index (κ3) is 2.34. The molecule has 0 atom stereocenters. The highest BCUT2D eigenvalue weighted by molar-refractivity contribution is 5.92. The van der Waals surface area contributed by atoms with Crippen LogP contribution in [0.2, 0.25) is 0 Å². The Hall–Kier alpha value is -2.47. The van der Waals surface area contributed by atoms with Crippen LogP contribution in [0.15, 0.2) is 39.6 Å². The van der Waals surface area contributed by atoms with E-state index in [4.69, 9.17) is 9.26 Å². The molecule has 21 heavy (non-hydrogen) atoms. The summed E-state index contributed by atoms with van der Waals surface area (Å²) in [5.41, 5.74) is 1.65. The van der Waals surface area contributed by atoms with Crippen molar-refractivity contribution >= 4 is 10.9 Å². The van der Waals surface area contributed by atoms with E-state index >= 15 is 0 Å². The molecule has 108 valence electrons. The zero-order valence-electron chi connectivity index (χ0n) is 11.9. The lowest BCUT2D eigenvalue weighted by atomic mass is 10.1. The van der Waals surface area contributed by atoms with Crippen LogP contribution in [-0.2, 0) is 11.3 Å². The van der Waals surface area contributed by atoms with Crippen molar-refractivity contribution in [1.82, 2.24) is 14.9 Å². The van der Waals surface area contributed by atoms with Gasteiger partial charge in [-0.25, -0.2) is 4.68 Å². The molecule has 6 heteroatoms. The van der Waals surface area contributed by atoms with Crippen molar-refractivity contribution in [2.45, 2.75) is 13.5 Å². The van der Waals surface area contributed by atoms with E-state index < -0.39 is 0 Å². The monoisotopic (exact) mass is 285 g/mol. The molecule has 2 heterocycles. The maximum absolute atomic E-state index is 12.4. The smallest absolute Gasteiger partial charge is 0.296 e. The van der Waals surface area contributed by atoms with Gasteiger partial charge in [-0.2, -0.15) is 5.10 Å². The van der Waals surface area contributed by atoms with Crippen LogP contribution < -0.4 is 5.56 Å². The Morgan fingerprint density at radius 1 is 1.29 bits per heavy atom. The number of hydrogen-bond donors (Lipinski definition) is 0. The van der Waals surface area contributed by atoms with Crippen molar-refractivity contribution in [3.05, 3.63) is 46.4 Å². The third-order valence-corrected chi connectivity index (χ3v) is 3.31. The summed E-state index contributed by atoms with van der Waals surface area (Å²) in [7, 11) is 1.59. The molecule has 0 unspecified atom stereocenters. The number of rotatable bonds is 4. The van der Waals surface area contributed by atoms with Gasteiger partial charge in [0.05, 0.1) is 18.5 Å². The first-order valence-corrected chi connectivity index (χ1v) is 6.64. The van der Waals surface area contributed by atoms with Gasteiger partial charge < -0.3 is 9.26 Å². The van der Waals surface area contributed by atoms with E-state index in [-0.39, 0.29) is 5.56 Å². The topological polar surface area (TPSA) is 70.2 Å². The number of aromatic nitrogens is 3. The zero-order chi connectivity index (χ0) is 14.8. The van der Waals surface area contributed by atoms with Crippen molar-refractivity contribution in [2.24, 2.45) is 0 Å². The number of benzene rings is 1. The standard InChI is InChI=1S/C15H15N3O3/c1-10-12-13(11-6-4-3-5-7-11)16-18(8-9-20-2)15(19)14(12)17-21-10/h3-7H,8-9H2,1-2H3. The van der Waals surface area contributed by atoms with Gasteiger partial charge in [-0.15, -0.1) is 0 Å². The number of ether oxygens (including phenoxy) is 1. The molecule has 0 aliphatic carbocycles. The third-order valence-electron chi connectivity index (χ3n) is 3.31. The fraction of sp³-hybridized carbons (Fsp3) is 0.267. The highest BCUT2D eigenvalue weighted by Crippen LogP contribution is 2.26. The van der Waals surface area contributed by atoms with E-state index in [1.54, 1.807) is 14.0 Å². The van der Waals surface area contributed by atoms with E-state index in [0.29, 0.717) is 35.5 Å². The summed E-state index contributed by atoms with van der Waals surface area (Å²) in [6.07, 6.45) is 0. The van der Waals surface area contributed by atoms with E-state index in [1.807, 2.05) is 30.3 Å². The van der Waals surface area contributed by atoms with E-state index in [2.05, 4.69) is 10.3 Å². The molecule has 1 aromatic carbocycles. The Labute approximate surface area is 120 Å². The lowest BCUT2D eigenvalue weighted by Crippen LogP contribution is -2.25. The molecular weight excluding hydrogens is 270 g/mol. The molecule has 0 aliphatic rings. The van der Waals surface area contributed by atoms with Crippen molar-refractivity contribution in [3.8, 4) is 11.3 Å². The van der Waals surface area contributed by atoms with Gasteiger partial charge in [0.25, 0.3) is 5.56 Å². The Kier molecular flexibility index (Phi) is 3.53. The molecule has 2 aromatic heterocycles. The lowest BCUT2D eigenvalue weighted by Gasteiger charge is -2.08. The minimum atomic E-state index is -0.265. The lowest BCUT2D eigenvalue weighted by molar-refractivity contribution is 0.182. The van der Waals surface area contributed by atoms with Gasteiger partial charge in [-0.3, -0.25) is 4.79 Å². The molecule has 0 bridgehead atoms. The number of nitrogens with zero attached hydrogens (tertiary/aromatic N) is 3. The van der Waals surface area contributed by atoms with Crippen LogP contribution in [-0.4, -0.2) is 28.7 Å². The van der Waals surface area contributed by atoms with Gasteiger partial charge in [0.15, 0.2) is 5.52 Å². The Bertz CT molecular complexity index is 821. The Morgan fingerprint density at radius 3 is 2.76 bits per heavy atom. The molecule has 0 fully saturated rings. The molecule has 0 saturated carbocycles. The molecule has 0 spiro atoms. The number of hydrogen-bond acceptors (Lipinski definition) is 5. The van der Waals surface area contributed by atoms with Crippen molar-refractivity contribution in [3.63, 3.8) is 0 Å². The Balaban J connectivity index is 2.29. The molecule has 0 amide bonds. The molecule has 0 saturated heterocycles. The quantitative estimate of drug-likeness (QED) is 0.733. The summed E-state index contributed by atoms with van der Waals surface area (Å²) in [6.45, 7) is 2.56. The molecular formula is C15H15N3O3. The van der Waals surface area contributed by atoms with Crippen molar-refractivity contribution in [2.75, 3.05) is 13.7 Å². The van der Waals surface area contributed by atoms with Gasteiger partial charge >= 0.3 is 0 Å². The first-order valence-electron chi connectivity index (χ1n) is 6.64. The maximum atomic E-state index is 12.4. The number of aryl methyl sites for hydroxylation is 1. The first-order chi connectivity index (χ1) is 10.2. The van der Waals surface area contributed by atoms with Gasteiger partial charge in [0.1, 0.15) is 11.5 Å². The normalized spacial score (nSPS) is 11.1. The van der Waals surface area contributed by atoms with Gasteiger partial charge in [0.2, 0.25) is 0 Å². The second kappa shape index (κ2) is 5.49. The summed E-state index contributed by atoms with van der Waals surface area (Å²) in [5, 5.41) is 9.02. The summed E-state index contributed by atoms with van der Waals surface area (Å²) in [4.78, 5) is 12.4. The van der Waals surface area contributed by atoms with Gasteiger partial charge in [-0.05, 0) is 6.92 Å². The highest BCUT2D eigenvalue weighted by atomic mass is 16.5. The molecule has 0 aliphatic heterocycles. The molecule has 6 nitrogen and oxygen atoms in total. The second-order valence-electron chi connectivity index (χ2n) is 4.70. The van der Waals surface area contributed by atoms with Crippen LogP contribution >= 0.6 is 0 Å². The number of methoxy groups -OCH3 is 1. The average Bonchev–Trinajstić information content (AvgIpc) is 2.90. The summed E-state index contributed by atoms with van der Waals surface area (Å²) < 4.78 is 11.6. The van der Waals surface area contributed by atoms with Crippen molar-refractivity contribution < 1.29 is 9.26 Å². The average molecular weight is 285 g/mol. The summed E-state index contributed by atoms with van der Waals surface area (Å²) in [6, 6.07) is 9.67. The van der Waals surface area contributed by atoms with Crippen LogP contribution in [0.4, 0.5) is 0 Å². The SMILES string of the molecule is COCCn1nc(-c2ccccc2)c2c(C)onc2c1=O.